The van der Waals surface area contributed by atoms with E-state index in [0.29, 0.717) is 11.7 Å². The first kappa shape index (κ1) is 15.1. The molecule has 7 nitrogen and oxygen atoms in total. The first-order valence-electron chi connectivity index (χ1n) is 7.34. The first-order valence-corrected chi connectivity index (χ1v) is 8.22. The van der Waals surface area contributed by atoms with Gasteiger partial charge in [0.25, 0.3) is 0 Å². The van der Waals surface area contributed by atoms with Crippen LogP contribution in [0.5, 0.6) is 5.88 Å². The standard InChI is InChI=1S/C17H11N5O2S/c18-7-11(15-21-12-3-1-2-4-13(12)22-15)14(23)8-24-16-10-5-6-25-17(10)20-9-19-16/h1-6,9,23H,8H2,(H,21,22). The zero-order valence-electron chi connectivity index (χ0n) is 12.8. The molecule has 0 saturated carbocycles. The summed E-state index contributed by atoms with van der Waals surface area (Å²) >= 11 is 1.47. The van der Waals surface area contributed by atoms with Crippen molar-refractivity contribution in [2.45, 2.75) is 0 Å². The number of aromatic nitrogens is 4. The van der Waals surface area contributed by atoms with E-state index in [1.54, 1.807) is 0 Å². The summed E-state index contributed by atoms with van der Waals surface area (Å²) in [7, 11) is 0. The molecule has 0 aliphatic rings. The van der Waals surface area contributed by atoms with Crippen molar-refractivity contribution in [3.8, 4) is 11.9 Å². The van der Waals surface area contributed by atoms with E-state index in [4.69, 9.17) is 4.74 Å². The molecule has 0 fully saturated rings. The molecule has 3 aromatic heterocycles. The summed E-state index contributed by atoms with van der Waals surface area (Å²) < 4.78 is 5.57. The number of allylic oxidation sites excluding steroid dienone is 1. The van der Waals surface area contributed by atoms with Gasteiger partial charge < -0.3 is 14.8 Å². The van der Waals surface area contributed by atoms with Crippen LogP contribution in [0.3, 0.4) is 0 Å². The third-order valence-electron chi connectivity index (χ3n) is 3.60. The maximum Gasteiger partial charge on any atom is 0.225 e. The average Bonchev–Trinajstić information content (AvgIpc) is 3.27. The molecule has 4 rings (SSSR count). The predicted octanol–water partition coefficient (Wildman–Crippen LogP) is 3.44. The number of para-hydroxylation sites is 2. The van der Waals surface area contributed by atoms with Crippen molar-refractivity contribution in [3.63, 3.8) is 0 Å². The SMILES string of the molecule is N#CC(=C(O)COc1ncnc2sccc12)c1nc2ccccc2[nH]1. The number of nitrogens with one attached hydrogen (secondary N) is 1. The average molecular weight is 349 g/mol. The molecule has 122 valence electrons. The number of fused-ring (bicyclic) bond motifs is 2. The fourth-order valence-corrected chi connectivity index (χ4v) is 3.14. The van der Waals surface area contributed by atoms with E-state index in [2.05, 4.69) is 19.9 Å². The summed E-state index contributed by atoms with van der Waals surface area (Å²) in [6, 6.07) is 11.2. The van der Waals surface area contributed by atoms with E-state index in [0.717, 1.165) is 21.3 Å². The van der Waals surface area contributed by atoms with E-state index >= 15 is 0 Å². The molecule has 0 aliphatic heterocycles. The highest BCUT2D eigenvalue weighted by Crippen LogP contribution is 2.26. The van der Waals surface area contributed by atoms with Gasteiger partial charge in [0.1, 0.15) is 29.4 Å². The quantitative estimate of drug-likeness (QED) is 0.432. The topological polar surface area (TPSA) is 108 Å². The lowest BCUT2D eigenvalue weighted by molar-refractivity contribution is 0.267. The summed E-state index contributed by atoms with van der Waals surface area (Å²) in [5.74, 6) is 0.441. The number of aliphatic hydroxyl groups is 1. The maximum absolute atomic E-state index is 10.3. The second-order valence-electron chi connectivity index (χ2n) is 5.14. The molecule has 1 aromatic carbocycles. The molecule has 0 atom stereocenters. The molecule has 0 radical (unpaired) electrons. The smallest absolute Gasteiger partial charge is 0.225 e. The number of aromatic amines is 1. The Kier molecular flexibility index (Phi) is 3.76. The van der Waals surface area contributed by atoms with Crippen molar-refractivity contribution in [2.75, 3.05) is 6.61 Å². The molecule has 4 aromatic rings. The highest BCUT2D eigenvalue weighted by atomic mass is 32.1. The van der Waals surface area contributed by atoms with Crippen LogP contribution in [0, 0.1) is 11.3 Å². The zero-order chi connectivity index (χ0) is 17.2. The van der Waals surface area contributed by atoms with Crippen LogP contribution in [-0.4, -0.2) is 31.6 Å². The Bertz CT molecular complexity index is 1110. The summed E-state index contributed by atoms with van der Waals surface area (Å²) in [6.45, 7) is -0.193. The van der Waals surface area contributed by atoms with E-state index in [9.17, 15) is 10.4 Å². The summed E-state index contributed by atoms with van der Waals surface area (Å²) in [6.07, 6.45) is 1.40. The second kappa shape index (κ2) is 6.22. The van der Waals surface area contributed by atoms with Gasteiger partial charge in [-0.3, -0.25) is 0 Å². The number of H-pyrrole nitrogens is 1. The fraction of sp³-hybridized carbons (Fsp3) is 0.0588. The van der Waals surface area contributed by atoms with Gasteiger partial charge in [-0.25, -0.2) is 15.0 Å². The van der Waals surface area contributed by atoms with Crippen molar-refractivity contribution in [1.29, 1.82) is 5.26 Å². The monoisotopic (exact) mass is 349 g/mol. The van der Waals surface area contributed by atoms with Gasteiger partial charge in [0.2, 0.25) is 5.88 Å². The van der Waals surface area contributed by atoms with Crippen LogP contribution in [0.15, 0.2) is 47.8 Å². The van der Waals surface area contributed by atoms with Gasteiger partial charge in [-0.15, -0.1) is 11.3 Å². The van der Waals surface area contributed by atoms with Crippen molar-refractivity contribution in [1.82, 2.24) is 19.9 Å². The van der Waals surface area contributed by atoms with Crippen LogP contribution < -0.4 is 4.74 Å². The Balaban J connectivity index is 1.63. The highest BCUT2D eigenvalue weighted by Gasteiger charge is 2.15. The number of benzene rings is 1. The van der Waals surface area contributed by atoms with Crippen LogP contribution in [0.4, 0.5) is 0 Å². The third-order valence-corrected chi connectivity index (χ3v) is 4.42. The molecular formula is C17H11N5O2S. The van der Waals surface area contributed by atoms with Gasteiger partial charge in [-0.05, 0) is 23.6 Å². The Morgan fingerprint density at radius 1 is 1.28 bits per heavy atom. The summed E-state index contributed by atoms with van der Waals surface area (Å²) in [5.41, 5.74) is 1.54. The normalized spacial score (nSPS) is 12.1. The Morgan fingerprint density at radius 3 is 3.00 bits per heavy atom. The Labute approximate surface area is 145 Å². The minimum Gasteiger partial charge on any atom is -0.507 e. The van der Waals surface area contributed by atoms with Gasteiger partial charge in [0, 0.05) is 0 Å². The lowest BCUT2D eigenvalue weighted by Gasteiger charge is -2.06. The number of nitriles is 1. The molecule has 2 N–H and O–H groups in total. The first-order chi connectivity index (χ1) is 12.3. The molecule has 0 bridgehead atoms. The minimum atomic E-state index is -0.219. The van der Waals surface area contributed by atoms with Crippen molar-refractivity contribution in [3.05, 3.63) is 53.6 Å². The molecule has 0 aliphatic carbocycles. The predicted molar refractivity (Wildman–Crippen MR) is 94.2 cm³/mol. The van der Waals surface area contributed by atoms with Crippen LogP contribution in [-0.2, 0) is 0 Å². The number of rotatable bonds is 4. The van der Waals surface area contributed by atoms with E-state index in [1.165, 1.54) is 17.7 Å². The van der Waals surface area contributed by atoms with Gasteiger partial charge in [0.05, 0.1) is 16.4 Å². The molecule has 0 saturated heterocycles. The largest absolute Gasteiger partial charge is 0.507 e. The lowest BCUT2D eigenvalue weighted by atomic mass is 10.2. The van der Waals surface area contributed by atoms with Crippen LogP contribution in [0.25, 0.3) is 26.8 Å². The number of ether oxygens (including phenoxy) is 1. The van der Waals surface area contributed by atoms with Crippen LogP contribution in [0.2, 0.25) is 0 Å². The molecule has 0 unspecified atom stereocenters. The summed E-state index contributed by atoms with van der Waals surface area (Å²) in [4.78, 5) is 16.4. The van der Waals surface area contributed by atoms with Gasteiger partial charge in [0.15, 0.2) is 11.6 Å². The molecule has 0 amide bonds. The number of aliphatic hydroxyl groups excluding tert-OH is 1. The number of hydrogen-bond acceptors (Lipinski definition) is 7. The van der Waals surface area contributed by atoms with Gasteiger partial charge in [-0.1, -0.05) is 12.1 Å². The van der Waals surface area contributed by atoms with Gasteiger partial charge >= 0.3 is 0 Å². The van der Waals surface area contributed by atoms with Crippen LogP contribution in [0.1, 0.15) is 5.82 Å². The molecular weight excluding hydrogens is 338 g/mol. The van der Waals surface area contributed by atoms with Crippen molar-refractivity contribution < 1.29 is 9.84 Å². The summed E-state index contributed by atoms with van der Waals surface area (Å²) in [5, 5.41) is 22.4. The minimum absolute atomic E-state index is 0.0341. The maximum atomic E-state index is 10.3. The number of thiophene rings is 1. The van der Waals surface area contributed by atoms with Crippen LogP contribution >= 0.6 is 11.3 Å². The van der Waals surface area contributed by atoms with Gasteiger partial charge in [-0.2, -0.15) is 5.26 Å². The van der Waals surface area contributed by atoms with E-state index < -0.39 is 0 Å². The van der Waals surface area contributed by atoms with Crippen molar-refractivity contribution >= 4 is 38.2 Å². The molecule has 25 heavy (non-hydrogen) atoms. The fourth-order valence-electron chi connectivity index (χ4n) is 2.42. The molecule has 3 heterocycles. The Hall–Kier alpha value is -3.44. The van der Waals surface area contributed by atoms with Crippen molar-refractivity contribution in [2.24, 2.45) is 0 Å². The second-order valence-corrected chi connectivity index (χ2v) is 6.04. The zero-order valence-corrected chi connectivity index (χ0v) is 13.6. The van der Waals surface area contributed by atoms with E-state index in [-0.39, 0.29) is 17.9 Å². The van der Waals surface area contributed by atoms with E-state index in [1.807, 2.05) is 41.8 Å². The molecule has 8 heteroatoms. The lowest BCUT2D eigenvalue weighted by Crippen LogP contribution is -2.05. The third kappa shape index (κ3) is 2.77. The Morgan fingerprint density at radius 2 is 2.16 bits per heavy atom. The molecule has 0 spiro atoms. The number of nitrogens with zero attached hydrogens (tertiary/aromatic N) is 4. The highest BCUT2D eigenvalue weighted by molar-refractivity contribution is 7.16. The number of hydrogen-bond donors (Lipinski definition) is 2. The number of imidazole rings is 1.